The molecule has 8 heteroatoms. The van der Waals surface area contributed by atoms with E-state index in [1.807, 2.05) is 17.5 Å². The molecule has 1 aliphatic heterocycles. The molecular formula is C20H23NO5S2. The molecule has 0 unspecified atom stereocenters. The summed E-state index contributed by atoms with van der Waals surface area (Å²) in [6.45, 7) is 0.147. The molecule has 0 saturated heterocycles. The number of fused-ring (bicyclic) bond motifs is 1. The fourth-order valence-corrected chi connectivity index (χ4v) is 4.99. The number of hydrogen-bond acceptors (Lipinski definition) is 6. The lowest BCUT2D eigenvalue weighted by Gasteiger charge is -2.29. The topological polar surface area (TPSA) is 80.8 Å². The Morgan fingerprint density at radius 1 is 1.25 bits per heavy atom. The average molecular weight is 422 g/mol. The van der Waals surface area contributed by atoms with Crippen LogP contribution in [0.1, 0.15) is 40.1 Å². The number of anilines is 1. The molecule has 150 valence electrons. The quantitative estimate of drug-likeness (QED) is 0.483. The van der Waals surface area contributed by atoms with Crippen molar-refractivity contribution in [3.63, 3.8) is 0 Å². The number of thiophene rings is 1. The first kappa shape index (κ1) is 20.5. The third-order valence-electron chi connectivity index (χ3n) is 4.63. The van der Waals surface area contributed by atoms with Crippen molar-refractivity contribution < 1.29 is 22.7 Å². The summed E-state index contributed by atoms with van der Waals surface area (Å²) in [4.78, 5) is 25.4. The lowest BCUT2D eigenvalue weighted by Crippen LogP contribution is -2.34. The number of ketones is 1. The molecule has 2 aromatic rings. The Hall–Kier alpha value is -2.19. The molecule has 0 N–H and O–H groups in total. The van der Waals surface area contributed by atoms with E-state index in [2.05, 4.69) is 0 Å². The van der Waals surface area contributed by atoms with E-state index >= 15 is 0 Å². The van der Waals surface area contributed by atoms with Crippen molar-refractivity contribution in [1.29, 1.82) is 0 Å². The molecule has 0 fully saturated rings. The van der Waals surface area contributed by atoms with E-state index in [1.54, 1.807) is 29.5 Å². The van der Waals surface area contributed by atoms with Crippen LogP contribution in [0.2, 0.25) is 0 Å². The Morgan fingerprint density at radius 3 is 2.79 bits per heavy atom. The van der Waals surface area contributed by atoms with E-state index in [1.165, 1.54) is 15.4 Å². The minimum Gasteiger partial charge on any atom is -0.457 e. The molecule has 0 saturated carbocycles. The van der Waals surface area contributed by atoms with Gasteiger partial charge in [0.15, 0.2) is 12.4 Å². The van der Waals surface area contributed by atoms with Crippen molar-refractivity contribution in [2.24, 2.45) is 0 Å². The fourth-order valence-electron chi connectivity index (χ4n) is 3.24. The van der Waals surface area contributed by atoms with E-state index in [0.717, 1.165) is 12.0 Å². The molecule has 0 bridgehead atoms. The second kappa shape index (κ2) is 8.87. The zero-order valence-electron chi connectivity index (χ0n) is 15.7. The molecular weight excluding hydrogens is 398 g/mol. The van der Waals surface area contributed by atoms with Gasteiger partial charge in [-0.2, -0.15) is 0 Å². The van der Waals surface area contributed by atoms with E-state index in [4.69, 9.17) is 4.74 Å². The number of nitrogens with zero attached hydrogens (tertiary/aromatic N) is 1. The van der Waals surface area contributed by atoms with Crippen LogP contribution in [-0.2, 0) is 32.4 Å². The number of carbonyl (C=O) groups excluding carboxylic acids is 2. The van der Waals surface area contributed by atoms with Crippen molar-refractivity contribution in [2.75, 3.05) is 23.7 Å². The maximum atomic E-state index is 12.4. The second-order valence-electron chi connectivity index (χ2n) is 6.80. The normalized spacial score (nSPS) is 13.8. The minimum atomic E-state index is -3.34. The number of carbonyl (C=O) groups is 2. The Labute approximate surface area is 169 Å². The van der Waals surface area contributed by atoms with Crippen LogP contribution < -0.4 is 4.31 Å². The Kier molecular flexibility index (Phi) is 6.51. The number of hydrogen-bond donors (Lipinski definition) is 0. The van der Waals surface area contributed by atoms with E-state index in [9.17, 15) is 18.0 Å². The number of ether oxygens (including phenoxy) is 1. The van der Waals surface area contributed by atoms with Gasteiger partial charge in [0.25, 0.3) is 0 Å². The van der Waals surface area contributed by atoms with E-state index < -0.39 is 10.0 Å². The highest BCUT2D eigenvalue weighted by atomic mass is 32.2. The lowest BCUT2D eigenvalue weighted by molar-refractivity contribution is -0.142. The number of esters is 1. The summed E-state index contributed by atoms with van der Waals surface area (Å²) in [6.07, 6.45) is 4.38. The third kappa shape index (κ3) is 5.20. The second-order valence-corrected chi connectivity index (χ2v) is 9.74. The van der Waals surface area contributed by atoms with Gasteiger partial charge < -0.3 is 4.74 Å². The number of aryl methyl sites for hydroxylation is 2. The predicted octanol–water partition coefficient (Wildman–Crippen LogP) is 3.21. The monoisotopic (exact) mass is 421 g/mol. The highest BCUT2D eigenvalue weighted by molar-refractivity contribution is 7.92. The minimum absolute atomic E-state index is 0.276. The largest absolute Gasteiger partial charge is 0.457 e. The van der Waals surface area contributed by atoms with Gasteiger partial charge in [-0.1, -0.05) is 6.07 Å². The molecule has 0 spiro atoms. The molecule has 1 aromatic heterocycles. The smallest absolute Gasteiger partial charge is 0.306 e. The molecule has 1 aromatic carbocycles. The van der Waals surface area contributed by atoms with E-state index in [0.29, 0.717) is 37.1 Å². The van der Waals surface area contributed by atoms with Crippen LogP contribution in [0, 0.1) is 0 Å². The Morgan fingerprint density at radius 2 is 2.07 bits per heavy atom. The van der Waals surface area contributed by atoms with Crippen molar-refractivity contribution in [2.45, 2.75) is 32.1 Å². The number of Topliss-reactive ketones (excluding diaryl/α,β-unsaturated/α-hetero) is 1. The van der Waals surface area contributed by atoms with Crippen LogP contribution in [0.4, 0.5) is 5.69 Å². The van der Waals surface area contributed by atoms with Crippen LogP contribution in [0.5, 0.6) is 0 Å². The molecule has 3 rings (SSSR count). The highest BCUT2D eigenvalue weighted by Gasteiger charge is 2.24. The summed E-state index contributed by atoms with van der Waals surface area (Å²) in [6, 6.07) is 8.96. The van der Waals surface area contributed by atoms with Gasteiger partial charge in [-0.05, 0) is 60.9 Å². The third-order valence-corrected chi connectivity index (χ3v) is 6.74. The van der Waals surface area contributed by atoms with Gasteiger partial charge in [-0.15, -0.1) is 11.3 Å². The highest BCUT2D eigenvalue weighted by Crippen LogP contribution is 2.30. The molecule has 6 nitrogen and oxygen atoms in total. The molecule has 0 amide bonds. The van der Waals surface area contributed by atoms with E-state index in [-0.39, 0.29) is 24.8 Å². The molecule has 0 atom stereocenters. The maximum Gasteiger partial charge on any atom is 0.306 e. The van der Waals surface area contributed by atoms with Crippen molar-refractivity contribution in [3.8, 4) is 0 Å². The van der Waals surface area contributed by atoms with Gasteiger partial charge >= 0.3 is 5.97 Å². The van der Waals surface area contributed by atoms with Crippen LogP contribution in [-0.4, -0.2) is 39.6 Å². The first-order valence-corrected chi connectivity index (χ1v) is 11.9. The van der Waals surface area contributed by atoms with Crippen molar-refractivity contribution in [1.82, 2.24) is 0 Å². The lowest BCUT2D eigenvalue weighted by atomic mass is 9.99. The van der Waals surface area contributed by atoms with Crippen LogP contribution in [0.15, 0.2) is 35.7 Å². The standard InChI is InChI=1S/C20H23NO5S2/c1-28(24,25)21-11-3-5-15-13-16(9-10-18(15)21)19(22)14-26-20(23)8-2-6-17-7-4-12-27-17/h4,7,9-10,12-13H,2-3,5-6,8,11,14H2,1H3. The van der Waals surface area contributed by atoms with Gasteiger partial charge in [0.2, 0.25) is 10.0 Å². The Bertz CT molecular complexity index is 951. The van der Waals surface area contributed by atoms with Gasteiger partial charge in [-0.25, -0.2) is 8.42 Å². The summed E-state index contributed by atoms with van der Waals surface area (Å²) >= 11 is 1.66. The summed E-state index contributed by atoms with van der Waals surface area (Å²) in [7, 11) is -3.34. The first-order valence-electron chi connectivity index (χ1n) is 9.16. The van der Waals surface area contributed by atoms with Gasteiger partial charge in [0, 0.05) is 23.4 Å². The number of sulfonamides is 1. The SMILES string of the molecule is CS(=O)(=O)N1CCCc2cc(C(=O)COC(=O)CCCc3cccs3)ccc21. The summed E-state index contributed by atoms with van der Waals surface area (Å²) in [5.41, 5.74) is 1.88. The fraction of sp³-hybridized carbons (Fsp3) is 0.400. The summed E-state index contributed by atoms with van der Waals surface area (Å²) in [5, 5.41) is 2.00. The predicted molar refractivity (Wildman–Crippen MR) is 109 cm³/mol. The molecule has 0 radical (unpaired) electrons. The molecule has 0 aliphatic carbocycles. The Balaban J connectivity index is 1.54. The van der Waals surface area contributed by atoms with Crippen LogP contribution in [0.25, 0.3) is 0 Å². The first-order chi connectivity index (χ1) is 13.3. The molecule has 1 aliphatic rings. The number of benzene rings is 1. The zero-order valence-corrected chi connectivity index (χ0v) is 17.4. The van der Waals surface area contributed by atoms with Crippen molar-refractivity contribution >= 4 is 38.8 Å². The maximum absolute atomic E-state index is 12.4. The average Bonchev–Trinajstić information content (AvgIpc) is 3.18. The van der Waals surface area contributed by atoms with Gasteiger partial charge in [0.1, 0.15) is 0 Å². The molecule has 28 heavy (non-hydrogen) atoms. The number of rotatable bonds is 8. The van der Waals surface area contributed by atoms with Crippen LogP contribution >= 0.6 is 11.3 Å². The van der Waals surface area contributed by atoms with Crippen molar-refractivity contribution in [3.05, 3.63) is 51.7 Å². The molecule has 2 heterocycles. The zero-order chi connectivity index (χ0) is 20.1. The van der Waals surface area contributed by atoms with Gasteiger partial charge in [-0.3, -0.25) is 13.9 Å². The van der Waals surface area contributed by atoms with Gasteiger partial charge in [0.05, 0.1) is 11.9 Å². The summed E-state index contributed by atoms with van der Waals surface area (Å²) < 4.78 is 30.3. The van der Waals surface area contributed by atoms with Crippen LogP contribution in [0.3, 0.4) is 0 Å². The summed E-state index contributed by atoms with van der Waals surface area (Å²) in [5.74, 6) is -0.669.